The Kier molecular flexibility index (Phi) is 4.17. The van der Waals surface area contributed by atoms with Gasteiger partial charge < -0.3 is 19.8 Å². The SMILES string of the molecule is Cc1nc2cc(NC(=O)COC3CCNCC3)ccc2o1. The number of fused-ring (bicyclic) bond motifs is 1. The molecular weight excluding hydrogens is 270 g/mol. The van der Waals surface area contributed by atoms with Gasteiger partial charge in [0.25, 0.3) is 0 Å². The van der Waals surface area contributed by atoms with Crippen LogP contribution >= 0.6 is 0 Å². The average Bonchev–Trinajstić information content (AvgIpc) is 2.85. The van der Waals surface area contributed by atoms with E-state index in [1.807, 2.05) is 0 Å². The highest BCUT2D eigenvalue weighted by molar-refractivity contribution is 5.93. The zero-order valence-corrected chi connectivity index (χ0v) is 12.0. The maximum atomic E-state index is 11.9. The van der Waals surface area contributed by atoms with E-state index in [9.17, 15) is 4.79 Å². The van der Waals surface area contributed by atoms with E-state index in [-0.39, 0.29) is 18.6 Å². The van der Waals surface area contributed by atoms with Crippen molar-refractivity contribution in [1.82, 2.24) is 10.3 Å². The molecule has 1 aromatic heterocycles. The van der Waals surface area contributed by atoms with E-state index in [0.29, 0.717) is 11.6 Å². The minimum absolute atomic E-state index is 0.0839. The van der Waals surface area contributed by atoms with Gasteiger partial charge in [-0.25, -0.2) is 4.98 Å². The molecule has 1 aliphatic heterocycles. The van der Waals surface area contributed by atoms with E-state index in [0.717, 1.165) is 37.0 Å². The van der Waals surface area contributed by atoms with Crippen molar-refractivity contribution < 1.29 is 13.9 Å². The van der Waals surface area contributed by atoms with Gasteiger partial charge in [-0.15, -0.1) is 0 Å². The maximum absolute atomic E-state index is 11.9. The van der Waals surface area contributed by atoms with Crippen LogP contribution in [0.5, 0.6) is 0 Å². The number of oxazole rings is 1. The Morgan fingerprint density at radius 3 is 3.10 bits per heavy atom. The number of hydrogen-bond acceptors (Lipinski definition) is 5. The van der Waals surface area contributed by atoms with Crippen LogP contribution in [0, 0.1) is 6.92 Å². The number of rotatable bonds is 4. The van der Waals surface area contributed by atoms with Crippen LogP contribution in [0.15, 0.2) is 22.6 Å². The predicted molar refractivity (Wildman–Crippen MR) is 79.2 cm³/mol. The fraction of sp³-hybridized carbons (Fsp3) is 0.467. The van der Waals surface area contributed by atoms with Gasteiger partial charge >= 0.3 is 0 Å². The van der Waals surface area contributed by atoms with Gasteiger partial charge in [0.2, 0.25) is 5.91 Å². The highest BCUT2D eigenvalue weighted by atomic mass is 16.5. The Hall–Kier alpha value is -1.92. The summed E-state index contributed by atoms with van der Waals surface area (Å²) in [6, 6.07) is 5.41. The van der Waals surface area contributed by atoms with Gasteiger partial charge in [0, 0.05) is 12.6 Å². The van der Waals surface area contributed by atoms with Gasteiger partial charge in [0.05, 0.1) is 6.10 Å². The van der Waals surface area contributed by atoms with Crippen molar-refractivity contribution in [3.05, 3.63) is 24.1 Å². The van der Waals surface area contributed by atoms with Crippen molar-refractivity contribution in [3.63, 3.8) is 0 Å². The zero-order valence-electron chi connectivity index (χ0n) is 12.0. The molecule has 1 fully saturated rings. The Bertz CT molecular complexity index is 632. The van der Waals surface area contributed by atoms with Crippen LogP contribution in [0.25, 0.3) is 11.1 Å². The molecular formula is C15H19N3O3. The number of ether oxygens (including phenoxy) is 1. The van der Waals surface area contributed by atoms with Crippen LogP contribution in [0.4, 0.5) is 5.69 Å². The van der Waals surface area contributed by atoms with Gasteiger partial charge in [0.1, 0.15) is 12.1 Å². The third kappa shape index (κ3) is 3.59. The molecule has 0 radical (unpaired) electrons. The van der Waals surface area contributed by atoms with E-state index in [1.165, 1.54) is 0 Å². The van der Waals surface area contributed by atoms with E-state index >= 15 is 0 Å². The second-order valence-corrected chi connectivity index (χ2v) is 5.22. The second-order valence-electron chi connectivity index (χ2n) is 5.22. The summed E-state index contributed by atoms with van der Waals surface area (Å²) in [5, 5.41) is 6.09. The van der Waals surface area contributed by atoms with Gasteiger partial charge in [-0.3, -0.25) is 4.79 Å². The van der Waals surface area contributed by atoms with Crippen LogP contribution < -0.4 is 10.6 Å². The fourth-order valence-corrected chi connectivity index (χ4v) is 2.47. The second kappa shape index (κ2) is 6.24. The van der Waals surface area contributed by atoms with E-state index in [1.54, 1.807) is 25.1 Å². The number of amides is 1. The number of hydrogen-bond donors (Lipinski definition) is 2. The van der Waals surface area contributed by atoms with Gasteiger partial charge in [-0.1, -0.05) is 0 Å². The Morgan fingerprint density at radius 1 is 1.48 bits per heavy atom. The summed E-state index contributed by atoms with van der Waals surface area (Å²) in [6.45, 7) is 3.79. The lowest BCUT2D eigenvalue weighted by Gasteiger charge is -2.22. The standard InChI is InChI=1S/C15H19N3O3/c1-10-17-13-8-11(2-3-14(13)21-10)18-15(19)9-20-12-4-6-16-7-5-12/h2-3,8,12,16H,4-7,9H2,1H3,(H,18,19). The summed E-state index contributed by atoms with van der Waals surface area (Å²) < 4.78 is 11.0. The van der Waals surface area contributed by atoms with E-state index < -0.39 is 0 Å². The van der Waals surface area contributed by atoms with Crippen molar-refractivity contribution in [2.75, 3.05) is 25.0 Å². The van der Waals surface area contributed by atoms with Crippen LogP contribution in [0.2, 0.25) is 0 Å². The molecule has 2 aromatic rings. The van der Waals surface area contributed by atoms with Crippen LogP contribution in [-0.4, -0.2) is 36.7 Å². The number of nitrogens with one attached hydrogen (secondary N) is 2. The van der Waals surface area contributed by atoms with Gasteiger partial charge in [-0.05, 0) is 44.1 Å². The molecule has 0 bridgehead atoms. The lowest BCUT2D eigenvalue weighted by atomic mass is 10.1. The minimum atomic E-state index is -0.145. The number of benzene rings is 1. The highest BCUT2D eigenvalue weighted by Gasteiger charge is 2.15. The number of aromatic nitrogens is 1. The molecule has 1 aromatic carbocycles. The zero-order chi connectivity index (χ0) is 14.7. The smallest absolute Gasteiger partial charge is 0.250 e. The van der Waals surface area contributed by atoms with Crippen LogP contribution in [0.1, 0.15) is 18.7 Å². The molecule has 0 saturated carbocycles. The maximum Gasteiger partial charge on any atom is 0.250 e. The molecule has 3 rings (SSSR count). The highest BCUT2D eigenvalue weighted by Crippen LogP contribution is 2.19. The number of anilines is 1. The molecule has 0 atom stereocenters. The van der Waals surface area contributed by atoms with Gasteiger partial charge in [0.15, 0.2) is 11.5 Å². The Morgan fingerprint density at radius 2 is 2.29 bits per heavy atom. The molecule has 21 heavy (non-hydrogen) atoms. The third-order valence-corrected chi connectivity index (χ3v) is 3.51. The summed E-state index contributed by atoms with van der Waals surface area (Å²) in [5.74, 6) is 0.468. The summed E-state index contributed by atoms with van der Waals surface area (Å²) in [5.41, 5.74) is 2.16. The third-order valence-electron chi connectivity index (χ3n) is 3.51. The molecule has 2 N–H and O–H groups in total. The molecule has 0 spiro atoms. The van der Waals surface area contributed by atoms with Gasteiger partial charge in [-0.2, -0.15) is 0 Å². The van der Waals surface area contributed by atoms with Crippen molar-refractivity contribution >= 4 is 22.7 Å². The number of carbonyl (C=O) groups is 1. The lowest BCUT2D eigenvalue weighted by Crippen LogP contribution is -2.34. The quantitative estimate of drug-likeness (QED) is 0.898. The number of aryl methyl sites for hydroxylation is 1. The summed E-state index contributed by atoms with van der Waals surface area (Å²) in [4.78, 5) is 16.1. The van der Waals surface area contributed by atoms with Crippen molar-refractivity contribution in [2.24, 2.45) is 0 Å². The number of carbonyl (C=O) groups excluding carboxylic acids is 1. The first-order valence-electron chi connectivity index (χ1n) is 7.20. The van der Waals surface area contributed by atoms with Crippen molar-refractivity contribution in [1.29, 1.82) is 0 Å². The molecule has 0 unspecified atom stereocenters. The largest absolute Gasteiger partial charge is 0.441 e. The minimum Gasteiger partial charge on any atom is -0.441 e. The average molecular weight is 289 g/mol. The van der Waals surface area contributed by atoms with Crippen LogP contribution in [-0.2, 0) is 9.53 Å². The van der Waals surface area contributed by atoms with Crippen LogP contribution in [0.3, 0.4) is 0 Å². The Labute approximate surface area is 122 Å². The molecule has 2 heterocycles. The van der Waals surface area contributed by atoms with Crippen molar-refractivity contribution in [2.45, 2.75) is 25.9 Å². The van der Waals surface area contributed by atoms with Crippen molar-refractivity contribution in [3.8, 4) is 0 Å². The first-order valence-corrected chi connectivity index (χ1v) is 7.20. The molecule has 6 heteroatoms. The predicted octanol–water partition coefficient (Wildman–Crippen LogP) is 1.84. The fourth-order valence-electron chi connectivity index (χ4n) is 2.47. The first-order chi connectivity index (χ1) is 10.2. The molecule has 112 valence electrons. The van der Waals surface area contributed by atoms with E-state index in [2.05, 4.69) is 15.6 Å². The molecule has 0 aliphatic carbocycles. The number of piperidine rings is 1. The van der Waals surface area contributed by atoms with E-state index in [4.69, 9.17) is 9.15 Å². The summed E-state index contributed by atoms with van der Waals surface area (Å²) >= 11 is 0. The molecule has 1 amide bonds. The summed E-state index contributed by atoms with van der Waals surface area (Å²) in [7, 11) is 0. The summed E-state index contributed by atoms with van der Waals surface area (Å²) in [6.07, 6.45) is 2.09. The lowest BCUT2D eigenvalue weighted by molar-refractivity contribution is -0.123. The molecule has 6 nitrogen and oxygen atoms in total. The normalized spacial score (nSPS) is 16.2. The topological polar surface area (TPSA) is 76.4 Å². The molecule has 1 aliphatic rings. The first kappa shape index (κ1) is 14.0. The monoisotopic (exact) mass is 289 g/mol. The number of nitrogens with zero attached hydrogens (tertiary/aromatic N) is 1. The Balaban J connectivity index is 1.55. The molecule has 1 saturated heterocycles.